The van der Waals surface area contributed by atoms with Gasteiger partial charge in [0, 0.05) is 29.6 Å². The van der Waals surface area contributed by atoms with E-state index < -0.39 is 5.41 Å². The fourth-order valence-corrected chi connectivity index (χ4v) is 10.5. The van der Waals surface area contributed by atoms with Crippen molar-refractivity contribution in [3.8, 4) is 33.9 Å². The van der Waals surface area contributed by atoms with Crippen LogP contribution in [0, 0.1) is 32.9 Å². The molecule has 1 aliphatic rings. The van der Waals surface area contributed by atoms with Gasteiger partial charge < -0.3 is 14.6 Å². The van der Waals surface area contributed by atoms with E-state index in [4.69, 9.17) is 14.7 Å². The summed E-state index contributed by atoms with van der Waals surface area (Å²) in [5, 5.41) is 2.21. The molecule has 71 heavy (non-hydrogen) atoms. The monoisotopic (exact) mass is 1110 g/mol. The Hall–Kier alpha value is -6.61. The van der Waals surface area contributed by atoms with Gasteiger partial charge in [-0.2, -0.15) is 12.1 Å². The number of anilines is 3. The first-order valence-corrected chi connectivity index (χ1v) is 24.6. The molecule has 0 unspecified atom stereocenters. The number of rotatable bonds is 7. The third-order valence-electron chi connectivity index (χ3n) is 14.2. The van der Waals surface area contributed by atoms with Crippen LogP contribution in [0.3, 0.4) is 0 Å². The van der Waals surface area contributed by atoms with E-state index in [1.165, 1.54) is 38.9 Å². The van der Waals surface area contributed by atoms with Crippen LogP contribution in [0.1, 0.15) is 118 Å². The zero-order valence-corrected chi connectivity index (χ0v) is 45.4. The van der Waals surface area contributed by atoms with E-state index in [1.807, 2.05) is 30.6 Å². The minimum atomic E-state index is -0.919. The average Bonchev–Trinajstić information content (AvgIpc) is 3.32. The molecule has 5 heteroatoms. The number of ether oxygens (including phenoxy) is 1. The van der Waals surface area contributed by atoms with Gasteiger partial charge in [-0.1, -0.05) is 171 Å². The Labute approximate surface area is 436 Å². The van der Waals surface area contributed by atoms with Gasteiger partial charge in [-0.3, -0.25) is 4.98 Å². The smallest absolute Gasteiger partial charge is 0.503 e. The molecule has 0 saturated carbocycles. The van der Waals surface area contributed by atoms with Crippen LogP contribution < -0.4 is 9.64 Å². The first-order chi connectivity index (χ1) is 33.3. The molecule has 0 N–H and O–H groups in total. The second kappa shape index (κ2) is 18.5. The summed E-state index contributed by atoms with van der Waals surface area (Å²) in [5.41, 5.74) is 17.5. The molecule has 0 atom stereocenters. The summed E-state index contributed by atoms with van der Waals surface area (Å²) >= 11 is 0. The number of nitrogens with zero attached hydrogens (tertiary/aromatic N) is 3. The van der Waals surface area contributed by atoms with Gasteiger partial charge in [0.1, 0.15) is 0 Å². The van der Waals surface area contributed by atoms with Crippen molar-refractivity contribution >= 4 is 27.8 Å². The zero-order chi connectivity index (χ0) is 49.3. The van der Waals surface area contributed by atoms with Crippen molar-refractivity contribution in [3.05, 3.63) is 232 Å². The van der Waals surface area contributed by atoms with Crippen LogP contribution in [0.2, 0.25) is 0 Å². The molecule has 358 valence electrons. The molecule has 0 spiro atoms. The van der Waals surface area contributed by atoms with Crippen LogP contribution in [0.4, 0.5) is 17.1 Å². The van der Waals surface area contributed by atoms with Gasteiger partial charge in [0.15, 0.2) is 0 Å². The van der Waals surface area contributed by atoms with Crippen molar-refractivity contribution in [1.29, 1.82) is 0 Å². The number of aryl methyl sites for hydroxylation is 3. The van der Waals surface area contributed by atoms with Gasteiger partial charge in [-0.15, -0.1) is 29.3 Å². The Balaban J connectivity index is 0.00000624. The molecule has 0 radical (unpaired) electrons. The van der Waals surface area contributed by atoms with Gasteiger partial charge in [0.05, 0.1) is 22.5 Å². The summed E-state index contributed by atoms with van der Waals surface area (Å²) in [6, 6.07) is 62.8. The van der Waals surface area contributed by atoms with Gasteiger partial charge in [-0.05, 0) is 134 Å². The predicted octanol–water partition coefficient (Wildman–Crippen LogP) is 17.3. The molecule has 0 aliphatic carbocycles. The second-order valence-corrected chi connectivity index (χ2v) is 22.4. The molecule has 2 aromatic heterocycles. The predicted molar refractivity (Wildman–Crippen MR) is 291 cm³/mol. The van der Waals surface area contributed by atoms with Crippen LogP contribution in [0.25, 0.3) is 33.2 Å². The van der Waals surface area contributed by atoms with Gasteiger partial charge in [-0.25, -0.2) is 0 Å². The average molecular weight is 1110 g/mol. The number of benzene rings is 7. The molecule has 4 nitrogen and oxygen atoms in total. The number of aromatic nitrogens is 2. The molecular formula is C66H63N3OPt. The maximum absolute atomic E-state index is 7.10. The second-order valence-electron chi connectivity index (χ2n) is 22.4. The van der Waals surface area contributed by atoms with E-state index in [1.54, 1.807) is 0 Å². The van der Waals surface area contributed by atoms with Gasteiger partial charge in [0.25, 0.3) is 0 Å². The standard InChI is InChI=1S/C66H63N3O.Pt/c1-42-32-43(2)62(44(3)33-42)48-34-47(58-37-45-18-13-14-19-46(45)41-68-58)35-55(36-48)70-54-21-17-20-52(38-54)66(61-22-15-16-31-67-61)56-39-50(64(7,8)9)25-29-59(56)69(53-27-23-49(24-28-53)63(4,5)6)60-30-26-51(40-57(60)66)65(10,11)12;/h13-34,36-37,39-41H,1-12H3;/q-2;+2. The van der Waals surface area contributed by atoms with Crippen molar-refractivity contribution in [2.75, 3.05) is 4.90 Å². The van der Waals surface area contributed by atoms with Crippen molar-refractivity contribution in [2.45, 2.75) is 105 Å². The Morgan fingerprint density at radius 3 is 1.70 bits per heavy atom. The van der Waals surface area contributed by atoms with Gasteiger partial charge >= 0.3 is 21.1 Å². The topological polar surface area (TPSA) is 38.2 Å². The Bertz CT molecular complexity index is 3350. The third-order valence-corrected chi connectivity index (χ3v) is 14.2. The summed E-state index contributed by atoms with van der Waals surface area (Å²) < 4.78 is 7.10. The molecule has 10 rings (SSSR count). The fraction of sp³-hybridized carbons (Fsp3) is 0.242. The molecular weight excluding hydrogens is 1050 g/mol. The first kappa shape index (κ1) is 49.4. The minimum Gasteiger partial charge on any atom is -0.503 e. The summed E-state index contributed by atoms with van der Waals surface area (Å²) in [4.78, 5) is 12.7. The zero-order valence-electron chi connectivity index (χ0n) is 43.2. The van der Waals surface area contributed by atoms with E-state index in [0.29, 0.717) is 11.5 Å². The summed E-state index contributed by atoms with van der Waals surface area (Å²) in [7, 11) is 0. The van der Waals surface area contributed by atoms with Crippen LogP contribution >= 0.6 is 0 Å². The molecule has 0 bridgehead atoms. The van der Waals surface area contributed by atoms with Crippen LogP contribution in [-0.4, -0.2) is 9.97 Å². The molecule has 0 saturated heterocycles. The fourth-order valence-electron chi connectivity index (χ4n) is 10.5. The number of hydrogen-bond donors (Lipinski definition) is 0. The summed E-state index contributed by atoms with van der Waals surface area (Å²) in [6.07, 6.45) is 3.87. The Morgan fingerprint density at radius 2 is 1.11 bits per heavy atom. The third kappa shape index (κ3) is 9.17. The summed E-state index contributed by atoms with van der Waals surface area (Å²) in [6.45, 7) is 27.1. The molecule has 0 fully saturated rings. The normalized spacial score (nSPS) is 13.3. The van der Waals surface area contributed by atoms with Crippen LogP contribution in [0.5, 0.6) is 11.5 Å². The van der Waals surface area contributed by atoms with Crippen molar-refractivity contribution < 1.29 is 25.8 Å². The van der Waals surface area contributed by atoms with Crippen molar-refractivity contribution in [3.63, 3.8) is 0 Å². The largest absolute Gasteiger partial charge is 2.00 e. The number of fused-ring (bicyclic) bond motifs is 3. The van der Waals surface area contributed by atoms with Gasteiger partial charge in [0.2, 0.25) is 0 Å². The van der Waals surface area contributed by atoms with E-state index >= 15 is 0 Å². The minimum absolute atomic E-state index is 0. The number of pyridine rings is 2. The molecule has 9 aromatic rings. The maximum atomic E-state index is 7.10. The van der Waals surface area contributed by atoms with Crippen molar-refractivity contribution in [1.82, 2.24) is 9.97 Å². The van der Waals surface area contributed by atoms with Crippen molar-refractivity contribution in [2.24, 2.45) is 0 Å². The SMILES string of the molecule is Cc1cc(C)c(-c2cc(Oc3[c-]c(C4(c5ccccn5)c5cc(C(C)(C)C)ccc5N(c5ccc(C(C)(C)C)cc5)c5ccc(C(C)(C)C)cc54)ccc3)[c-]c(-c3cc4ccccc4cn3)c2)c(C)c1.[Pt+2]. The molecule has 3 heterocycles. The van der Waals surface area contributed by atoms with E-state index in [2.05, 4.69) is 234 Å². The quantitative estimate of drug-likeness (QED) is 0.149. The molecule has 7 aromatic carbocycles. The van der Waals surface area contributed by atoms with Crippen LogP contribution in [0.15, 0.2) is 164 Å². The molecule has 1 aliphatic heterocycles. The Morgan fingerprint density at radius 1 is 0.521 bits per heavy atom. The van der Waals surface area contributed by atoms with E-state index in [-0.39, 0.29) is 37.3 Å². The summed E-state index contributed by atoms with van der Waals surface area (Å²) in [5.74, 6) is 1.17. The van der Waals surface area contributed by atoms with E-state index in [0.717, 1.165) is 67.0 Å². The Kier molecular flexibility index (Phi) is 12.9. The molecule has 0 amide bonds. The first-order valence-electron chi connectivity index (χ1n) is 24.6. The number of hydrogen-bond acceptors (Lipinski definition) is 4. The van der Waals surface area contributed by atoms with E-state index in [9.17, 15) is 0 Å². The van der Waals surface area contributed by atoms with Crippen LogP contribution in [-0.2, 0) is 42.7 Å². The maximum Gasteiger partial charge on any atom is 2.00 e.